The number of carbonyl (C=O) groups is 2. The molecule has 1 fully saturated rings. The van der Waals surface area contributed by atoms with E-state index in [1.165, 1.54) is 0 Å². The van der Waals surface area contributed by atoms with E-state index < -0.39 is 0 Å². The predicted molar refractivity (Wildman–Crippen MR) is 115 cm³/mol. The first-order valence-corrected chi connectivity index (χ1v) is 10.5. The van der Waals surface area contributed by atoms with E-state index in [9.17, 15) is 9.59 Å². The predicted octanol–water partition coefficient (Wildman–Crippen LogP) is 2.82. The smallest absolute Gasteiger partial charge is 0.257 e. The lowest BCUT2D eigenvalue weighted by Crippen LogP contribution is -2.39. The topological polar surface area (TPSA) is 93.0 Å². The van der Waals surface area contributed by atoms with E-state index in [0.717, 1.165) is 24.8 Å². The molecule has 0 saturated carbocycles. The molecule has 0 radical (unpaired) electrons. The molecule has 0 aliphatic carbocycles. The summed E-state index contributed by atoms with van der Waals surface area (Å²) in [6.45, 7) is 2.90. The van der Waals surface area contributed by atoms with E-state index in [1.54, 1.807) is 37.2 Å². The van der Waals surface area contributed by atoms with Gasteiger partial charge in [-0.15, -0.1) is 0 Å². The second-order valence-electron chi connectivity index (χ2n) is 7.81. The molecular weight excluding hydrogens is 392 g/mol. The fraction of sp³-hybridized carbons (Fsp3) is 0.348. The number of nitrogens with zero attached hydrogens (tertiary/aromatic N) is 5. The first-order valence-electron chi connectivity index (χ1n) is 10.5. The van der Waals surface area contributed by atoms with E-state index >= 15 is 0 Å². The SMILES string of the molecule is Cc1nc([C@H]2CCCCN2C(=O)c2cnn(C)c2)ncc1C(=O)NCc1ccccc1. The zero-order chi connectivity index (χ0) is 21.8. The molecule has 1 saturated heterocycles. The van der Waals surface area contributed by atoms with Crippen molar-refractivity contribution in [2.45, 2.75) is 38.8 Å². The average molecular weight is 419 g/mol. The van der Waals surface area contributed by atoms with Gasteiger partial charge in [0.15, 0.2) is 5.82 Å². The van der Waals surface area contributed by atoms with Gasteiger partial charge in [-0.05, 0) is 31.7 Å². The van der Waals surface area contributed by atoms with Crippen LogP contribution in [-0.2, 0) is 13.6 Å². The molecule has 0 unspecified atom stereocenters. The van der Waals surface area contributed by atoms with Crippen LogP contribution in [-0.4, -0.2) is 43.0 Å². The summed E-state index contributed by atoms with van der Waals surface area (Å²) in [6, 6.07) is 9.53. The van der Waals surface area contributed by atoms with Gasteiger partial charge in [-0.3, -0.25) is 14.3 Å². The third-order valence-corrected chi connectivity index (χ3v) is 5.55. The highest BCUT2D eigenvalue weighted by molar-refractivity contribution is 5.95. The Hall–Kier alpha value is -3.55. The monoisotopic (exact) mass is 418 g/mol. The molecule has 1 aliphatic rings. The summed E-state index contributed by atoms with van der Waals surface area (Å²) in [5, 5.41) is 7.02. The standard InChI is InChI=1S/C23H26N6O2/c1-16-19(22(30)25-12-17-8-4-3-5-9-17)14-24-21(27-16)20-10-6-7-11-29(20)23(31)18-13-26-28(2)15-18/h3-5,8-9,13-15,20H,6-7,10-12H2,1-2H3,(H,25,30)/t20-/m1/s1. The van der Waals surface area contributed by atoms with E-state index in [0.29, 0.717) is 35.7 Å². The summed E-state index contributed by atoms with van der Waals surface area (Å²) < 4.78 is 1.62. The maximum atomic E-state index is 13.0. The molecule has 8 heteroatoms. The molecular formula is C23H26N6O2. The van der Waals surface area contributed by atoms with Gasteiger partial charge in [0.2, 0.25) is 0 Å². The molecule has 3 aromatic rings. The van der Waals surface area contributed by atoms with Crippen molar-refractivity contribution in [1.82, 2.24) is 30.0 Å². The van der Waals surface area contributed by atoms with Crippen LogP contribution in [0.5, 0.6) is 0 Å². The molecule has 8 nitrogen and oxygen atoms in total. The summed E-state index contributed by atoms with van der Waals surface area (Å²) >= 11 is 0. The van der Waals surface area contributed by atoms with Crippen molar-refractivity contribution in [2.75, 3.05) is 6.54 Å². The minimum Gasteiger partial charge on any atom is -0.348 e. The second-order valence-corrected chi connectivity index (χ2v) is 7.81. The van der Waals surface area contributed by atoms with E-state index in [1.807, 2.05) is 35.2 Å². The number of aryl methyl sites for hydroxylation is 2. The number of nitrogens with one attached hydrogen (secondary N) is 1. The van der Waals surface area contributed by atoms with Gasteiger partial charge in [0.25, 0.3) is 11.8 Å². The quantitative estimate of drug-likeness (QED) is 0.688. The number of likely N-dealkylation sites (tertiary alicyclic amines) is 1. The van der Waals surface area contributed by atoms with Crippen molar-refractivity contribution in [3.8, 4) is 0 Å². The Kier molecular flexibility index (Phi) is 6.06. The van der Waals surface area contributed by atoms with E-state index in [-0.39, 0.29) is 17.9 Å². The molecule has 2 aromatic heterocycles. The summed E-state index contributed by atoms with van der Waals surface area (Å²) in [6.07, 6.45) is 7.62. The first-order chi connectivity index (χ1) is 15.0. The number of piperidine rings is 1. The molecule has 160 valence electrons. The van der Waals surface area contributed by atoms with Gasteiger partial charge in [0.1, 0.15) is 0 Å². The summed E-state index contributed by atoms with van der Waals surface area (Å²) in [4.78, 5) is 36.6. The number of carbonyl (C=O) groups excluding carboxylic acids is 2. The molecule has 3 heterocycles. The lowest BCUT2D eigenvalue weighted by atomic mass is 10.00. The Morgan fingerprint density at radius 1 is 1.16 bits per heavy atom. The number of rotatable bonds is 5. The van der Waals surface area contributed by atoms with Crippen LogP contribution >= 0.6 is 0 Å². The Morgan fingerprint density at radius 3 is 2.68 bits per heavy atom. The van der Waals surface area contributed by atoms with Crippen LogP contribution in [0.4, 0.5) is 0 Å². The van der Waals surface area contributed by atoms with Gasteiger partial charge in [-0.1, -0.05) is 30.3 Å². The van der Waals surface area contributed by atoms with Gasteiger partial charge >= 0.3 is 0 Å². The maximum absolute atomic E-state index is 13.0. The normalized spacial score (nSPS) is 16.2. The van der Waals surface area contributed by atoms with Crippen LogP contribution in [0.1, 0.15) is 63.1 Å². The van der Waals surface area contributed by atoms with Crippen LogP contribution in [0.25, 0.3) is 0 Å². The van der Waals surface area contributed by atoms with Crippen LogP contribution in [0, 0.1) is 6.92 Å². The first kappa shape index (κ1) is 20.7. The average Bonchev–Trinajstić information content (AvgIpc) is 3.24. The van der Waals surface area contributed by atoms with Crippen molar-refractivity contribution in [2.24, 2.45) is 7.05 Å². The third kappa shape index (κ3) is 4.63. The van der Waals surface area contributed by atoms with Gasteiger partial charge in [0.05, 0.1) is 29.1 Å². The largest absolute Gasteiger partial charge is 0.348 e. The molecule has 2 amide bonds. The third-order valence-electron chi connectivity index (χ3n) is 5.55. The summed E-state index contributed by atoms with van der Waals surface area (Å²) in [7, 11) is 1.79. The molecule has 1 N–H and O–H groups in total. The number of aromatic nitrogens is 4. The van der Waals surface area contributed by atoms with Gasteiger partial charge < -0.3 is 10.2 Å². The van der Waals surface area contributed by atoms with Crippen LogP contribution in [0.2, 0.25) is 0 Å². The fourth-order valence-corrected chi connectivity index (χ4v) is 3.88. The van der Waals surface area contributed by atoms with E-state index in [4.69, 9.17) is 0 Å². The molecule has 1 aromatic carbocycles. The molecule has 31 heavy (non-hydrogen) atoms. The van der Waals surface area contributed by atoms with Crippen molar-refractivity contribution < 1.29 is 9.59 Å². The maximum Gasteiger partial charge on any atom is 0.257 e. The minimum absolute atomic E-state index is 0.0660. The molecule has 1 aliphatic heterocycles. The second kappa shape index (κ2) is 9.07. The number of amides is 2. The van der Waals surface area contributed by atoms with Gasteiger partial charge in [-0.25, -0.2) is 9.97 Å². The van der Waals surface area contributed by atoms with Gasteiger partial charge in [0, 0.05) is 32.5 Å². The molecule has 0 bridgehead atoms. The lowest BCUT2D eigenvalue weighted by Gasteiger charge is -2.34. The minimum atomic E-state index is -0.208. The summed E-state index contributed by atoms with van der Waals surface area (Å²) in [5.41, 5.74) is 2.64. The Bertz CT molecular complexity index is 1080. The lowest BCUT2D eigenvalue weighted by molar-refractivity contribution is 0.0599. The Balaban J connectivity index is 1.50. The van der Waals surface area contributed by atoms with Crippen molar-refractivity contribution in [3.05, 3.63) is 77.1 Å². The zero-order valence-corrected chi connectivity index (χ0v) is 17.8. The van der Waals surface area contributed by atoms with Crippen molar-refractivity contribution >= 4 is 11.8 Å². The fourth-order valence-electron chi connectivity index (χ4n) is 3.88. The molecule has 4 rings (SSSR count). The zero-order valence-electron chi connectivity index (χ0n) is 17.8. The highest BCUT2D eigenvalue weighted by atomic mass is 16.2. The van der Waals surface area contributed by atoms with Crippen LogP contribution < -0.4 is 5.32 Å². The highest BCUT2D eigenvalue weighted by Crippen LogP contribution is 2.30. The number of hydrogen-bond donors (Lipinski definition) is 1. The van der Waals surface area contributed by atoms with E-state index in [2.05, 4.69) is 20.4 Å². The number of hydrogen-bond acceptors (Lipinski definition) is 5. The van der Waals surface area contributed by atoms with Crippen molar-refractivity contribution in [3.63, 3.8) is 0 Å². The van der Waals surface area contributed by atoms with Crippen LogP contribution in [0.3, 0.4) is 0 Å². The Labute approximate surface area is 181 Å². The van der Waals surface area contributed by atoms with Crippen LogP contribution in [0.15, 0.2) is 48.9 Å². The van der Waals surface area contributed by atoms with Gasteiger partial charge in [-0.2, -0.15) is 5.10 Å². The molecule has 1 atom stereocenters. The summed E-state index contributed by atoms with van der Waals surface area (Å²) in [5.74, 6) is 0.303. The number of benzene rings is 1. The Morgan fingerprint density at radius 2 is 1.97 bits per heavy atom. The highest BCUT2D eigenvalue weighted by Gasteiger charge is 2.31. The molecule has 0 spiro atoms. The van der Waals surface area contributed by atoms with Crippen molar-refractivity contribution in [1.29, 1.82) is 0 Å².